The summed E-state index contributed by atoms with van der Waals surface area (Å²) in [5.41, 5.74) is 0.886. The summed E-state index contributed by atoms with van der Waals surface area (Å²) in [6.07, 6.45) is 4.57. The number of anilines is 1. The lowest BCUT2D eigenvalue weighted by molar-refractivity contribution is 0.199. The standard InChI is InChI=1S/C14H21N5/c1-12-5-9-18(10-6-12)11-7-15-14-16-13-4-2-3-8-19(13)17-14/h2-4,8,12H,5-7,9-11H2,1H3,(H,15,17). The minimum absolute atomic E-state index is 0.719. The maximum Gasteiger partial charge on any atom is 0.243 e. The molecule has 0 saturated carbocycles. The second-order valence-electron chi connectivity index (χ2n) is 5.39. The van der Waals surface area contributed by atoms with Crippen LogP contribution in [0.3, 0.4) is 0 Å². The smallest absolute Gasteiger partial charge is 0.243 e. The van der Waals surface area contributed by atoms with E-state index in [0.29, 0.717) is 0 Å². The zero-order valence-corrected chi connectivity index (χ0v) is 11.4. The molecule has 2 aromatic heterocycles. The van der Waals surface area contributed by atoms with Gasteiger partial charge in [0.25, 0.3) is 0 Å². The predicted molar refractivity (Wildman–Crippen MR) is 76.3 cm³/mol. The van der Waals surface area contributed by atoms with Crippen LogP contribution in [0.5, 0.6) is 0 Å². The van der Waals surface area contributed by atoms with Gasteiger partial charge in [0.2, 0.25) is 5.95 Å². The molecule has 0 unspecified atom stereocenters. The Kier molecular flexibility index (Phi) is 3.64. The highest BCUT2D eigenvalue weighted by Crippen LogP contribution is 2.15. The third-order valence-electron chi connectivity index (χ3n) is 3.83. The summed E-state index contributed by atoms with van der Waals surface area (Å²) in [6.45, 7) is 6.77. The van der Waals surface area contributed by atoms with E-state index in [-0.39, 0.29) is 0 Å². The highest BCUT2D eigenvalue weighted by Gasteiger charge is 2.14. The number of hydrogen-bond donors (Lipinski definition) is 1. The van der Waals surface area contributed by atoms with Gasteiger partial charge in [0.15, 0.2) is 5.65 Å². The van der Waals surface area contributed by atoms with E-state index < -0.39 is 0 Å². The average Bonchev–Trinajstić information content (AvgIpc) is 2.83. The van der Waals surface area contributed by atoms with Crippen LogP contribution in [0.15, 0.2) is 24.4 Å². The van der Waals surface area contributed by atoms with E-state index in [2.05, 4.69) is 27.2 Å². The van der Waals surface area contributed by atoms with Crippen LogP contribution < -0.4 is 5.32 Å². The monoisotopic (exact) mass is 259 g/mol. The summed E-state index contributed by atoms with van der Waals surface area (Å²) in [5.74, 6) is 1.61. The van der Waals surface area contributed by atoms with E-state index in [1.165, 1.54) is 25.9 Å². The fourth-order valence-corrected chi connectivity index (χ4v) is 2.52. The van der Waals surface area contributed by atoms with Crippen LogP contribution in [0, 0.1) is 5.92 Å². The Morgan fingerprint density at radius 3 is 2.95 bits per heavy atom. The van der Waals surface area contributed by atoms with Crippen molar-refractivity contribution in [2.24, 2.45) is 5.92 Å². The minimum Gasteiger partial charge on any atom is -0.352 e. The van der Waals surface area contributed by atoms with Crippen molar-refractivity contribution in [2.45, 2.75) is 19.8 Å². The molecule has 5 heteroatoms. The molecular formula is C14H21N5. The van der Waals surface area contributed by atoms with Gasteiger partial charge in [-0.3, -0.25) is 0 Å². The van der Waals surface area contributed by atoms with Crippen molar-refractivity contribution in [3.05, 3.63) is 24.4 Å². The highest BCUT2D eigenvalue weighted by atomic mass is 15.3. The summed E-state index contributed by atoms with van der Waals surface area (Å²) >= 11 is 0. The van der Waals surface area contributed by atoms with Gasteiger partial charge in [-0.2, -0.15) is 4.98 Å². The van der Waals surface area contributed by atoms with Gasteiger partial charge in [-0.05, 0) is 44.0 Å². The molecule has 19 heavy (non-hydrogen) atoms. The van der Waals surface area contributed by atoms with E-state index in [4.69, 9.17) is 0 Å². The van der Waals surface area contributed by atoms with Crippen molar-refractivity contribution in [1.82, 2.24) is 19.5 Å². The molecule has 2 aromatic rings. The van der Waals surface area contributed by atoms with E-state index in [0.717, 1.165) is 30.6 Å². The summed E-state index contributed by atoms with van der Waals surface area (Å²) in [6, 6.07) is 5.90. The Morgan fingerprint density at radius 2 is 2.16 bits per heavy atom. The maximum absolute atomic E-state index is 4.43. The normalized spacial score (nSPS) is 17.9. The number of likely N-dealkylation sites (tertiary alicyclic amines) is 1. The summed E-state index contributed by atoms with van der Waals surface area (Å²) in [4.78, 5) is 6.95. The van der Waals surface area contributed by atoms with Crippen LogP contribution >= 0.6 is 0 Å². The van der Waals surface area contributed by atoms with Gasteiger partial charge in [0.1, 0.15) is 0 Å². The van der Waals surface area contributed by atoms with Crippen molar-refractivity contribution < 1.29 is 0 Å². The maximum atomic E-state index is 4.43. The molecule has 0 amide bonds. The summed E-state index contributed by atoms with van der Waals surface area (Å²) in [7, 11) is 0. The molecule has 1 fully saturated rings. The number of piperidine rings is 1. The zero-order chi connectivity index (χ0) is 13.1. The van der Waals surface area contributed by atoms with Gasteiger partial charge in [-0.25, -0.2) is 4.52 Å². The molecule has 0 aliphatic carbocycles. The largest absolute Gasteiger partial charge is 0.352 e. The molecule has 1 saturated heterocycles. The Hall–Kier alpha value is -1.62. The van der Waals surface area contributed by atoms with Crippen LogP contribution in [0.4, 0.5) is 5.95 Å². The molecule has 1 aliphatic rings. The molecule has 0 spiro atoms. The van der Waals surface area contributed by atoms with Gasteiger partial charge < -0.3 is 10.2 Å². The molecule has 1 aliphatic heterocycles. The fraction of sp³-hybridized carbons (Fsp3) is 0.571. The highest BCUT2D eigenvalue weighted by molar-refractivity contribution is 5.42. The van der Waals surface area contributed by atoms with Crippen molar-refractivity contribution in [1.29, 1.82) is 0 Å². The van der Waals surface area contributed by atoms with Gasteiger partial charge in [0.05, 0.1) is 0 Å². The van der Waals surface area contributed by atoms with E-state index in [9.17, 15) is 0 Å². The zero-order valence-electron chi connectivity index (χ0n) is 11.4. The van der Waals surface area contributed by atoms with E-state index in [1.807, 2.05) is 24.4 Å². The van der Waals surface area contributed by atoms with Gasteiger partial charge >= 0.3 is 0 Å². The van der Waals surface area contributed by atoms with Crippen LogP contribution in [-0.4, -0.2) is 45.7 Å². The SMILES string of the molecule is CC1CCN(CCNc2nc3ccccn3n2)CC1. The first-order chi connectivity index (χ1) is 9.31. The molecule has 5 nitrogen and oxygen atoms in total. The lowest BCUT2D eigenvalue weighted by atomic mass is 9.99. The average molecular weight is 259 g/mol. The number of hydrogen-bond acceptors (Lipinski definition) is 4. The van der Waals surface area contributed by atoms with Crippen molar-refractivity contribution >= 4 is 11.6 Å². The number of aromatic nitrogens is 3. The van der Waals surface area contributed by atoms with Crippen LogP contribution in [-0.2, 0) is 0 Å². The van der Waals surface area contributed by atoms with Gasteiger partial charge in [-0.15, -0.1) is 5.10 Å². The first-order valence-corrected chi connectivity index (χ1v) is 7.09. The molecule has 0 bridgehead atoms. The summed E-state index contributed by atoms with van der Waals surface area (Å²) < 4.78 is 1.80. The number of rotatable bonds is 4. The van der Waals surface area contributed by atoms with E-state index >= 15 is 0 Å². The third kappa shape index (κ3) is 3.04. The van der Waals surface area contributed by atoms with Gasteiger partial charge in [-0.1, -0.05) is 13.0 Å². The van der Waals surface area contributed by atoms with E-state index in [1.54, 1.807) is 4.52 Å². The molecule has 102 valence electrons. The van der Waals surface area contributed by atoms with Gasteiger partial charge in [0, 0.05) is 19.3 Å². The first-order valence-electron chi connectivity index (χ1n) is 7.09. The molecule has 0 atom stereocenters. The van der Waals surface area contributed by atoms with Crippen LogP contribution in [0.2, 0.25) is 0 Å². The third-order valence-corrected chi connectivity index (χ3v) is 3.83. The molecule has 1 N–H and O–H groups in total. The molecule has 3 heterocycles. The number of nitrogens with zero attached hydrogens (tertiary/aromatic N) is 4. The van der Waals surface area contributed by atoms with Crippen molar-refractivity contribution in [3.63, 3.8) is 0 Å². The molecule has 0 radical (unpaired) electrons. The van der Waals surface area contributed by atoms with Crippen LogP contribution in [0.1, 0.15) is 19.8 Å². The lowest BCUT2D eigenvalue weighted by Gasteiger charge is -2.29. The topological polar surface area (TPSA) is 45.5 Å². The molecule has 0 aromatic carbocycles. The molecule has 3 rings (SSSR count). The summed E-state index contributed by atoms with van der Waals surface area (Å²) in [5, 5.41) is 7.69. The fourth-order valence-electron chi connectivity index (χ4n) is 2.52. The lowest BCUT2D eigenvalue weighted by Crippen LogP contribution is -2.36. The second kappa shape index (κ2) is 5.57. The van der Waals surface area contributed by atoms with Crippen molar-refractivity contribution in [3.8, 4) is 0 Å². The quantitative estimate of drug-likeness (QED) is 0.910. The second-order valence-corrected chi connectivity index (χ2v) is 5.39. The molecular weight excluding hydrogens is 238 g/mol. The predicted octanol–water partition coefficient (Wildman–Crippen LogP) is 1.87. The van der Waals surface area contributed by atoms with Crippen LogP contribution in [0.25, 0.3) is 5.65 Å². The number of nitrogens with one attached hydrogen (secondary N) is 1. The minimum atomic E-state index is 0.719. The number of pyridine rings is 1. The van der Waals surface area contributed by atoms with Crippen molar-refractivity contribution in [2.75, 3.05) is 31.5 Å². The number of fused-ring (bicyclic) bond motifs is 1. The Morgan fingerprint density at radius 1 is 1.32 bits per heavy atom. The Bertz CT molecular complexity index is 494. The Balaban J connectivity index is 1.49. The Labute approximate surface area is 113 Å². The first kappa shape index (κ1) is 12.4.